The molecule has 1 saturated heterocycles. The summed E-state index contributed by atoms with van der Waals surface area (Å²) in [5.41, 5.74) is 0.773. The van der Waals surface area contributed by atoms with Crippen LogP contribution >= 0.6 is 0 Å². The van der Waals surface area contributed by atoms with Crippen LogP contribution in [0.1, 0.15) is 24.8 Å². The maximum Gasteiger partial charge on any atom is 0.406 e. The number of hydrogen-bond donors (Lipinski definition) is 4. The summed E-state index contributed by atoms with van der Waals surface area (Å²) >= 11 is 0. The molecular weight excluding hydrogens is 282 g/mol. The third-order valence-corrected chi connectivity index (χ3v) is 4.83. The van der Waals surface area contributed by atoms with Gasteiger partial charge in [-0.1, -0.05) is 18.2 Å². The Kier molecular flexibility index (Phi) is 3.09. The van der Waals surface area contributed by atoms with Gasteiger partial charge in [-0.25, -0.2) is 4.79 Å². The van der Waals surface area contributed by atoms with Crippen molar-refractivity contribution < 1.29 is 14.6 Å². The van der Waals surface area contributed by atoms with Gasteiger partial charge in [0.15, 0.2) is 0 Å². The molecule has 1 aliphatic carbocycles. The minimum Gasteiger partial charge on any atom is -0.465 e. The van der Waals surface area contributed by atoms with Gasteiger partial charge in [-0.15, -0.1) is 0 Å². The van der Waals surface area contributed by atoms with E-state index in [0.717, 1.165) is 36.3 Å². The van der Waals surface area contributed by atoms with Crippen molar-refractivity contribution >= 4 is 6.09 Å². The predicted octanol–water partition coefficient (Wildman–Crippen LogP) is 1.70. The van der Waals surface area contributed by atoms with Gasteiger partial charge in [-0.3, -0.25) is 16.0 Å². The molecule has 1 aromatic rings. The van der Waals surface area contributed by atoms with Crippen LogP contribution in [0.3, 0.4) is 0 Å². The number of carboxylic acid groups (broad SMARTS) is 1. The highest BCUT2D eigenvalue weighted by Crippen LogP contribution is 2.49. The van der Waals surface area contributed by atoms with Crippen molar-refractivity contribution in [1.82, 2.24) is 16.0 Å². The first-order valence-electron chi connectivity index (χ1n) is 7.67. The normalized spacial score (nSPS) is 32.6. The highest BCUT2D eigenvalue weighted by molar-refractivity contribution is 5.64. The van der Waals surface area contributed by atoms with E-state index in [1.54, 1.807) is 0 Å². The number of amides is 1. The SMILES string of the molecule is O=C(O)NC1NCC2(N1)c1ccccc1OC1=CCCCC12. The molecule has 0 saturated carbocycles. The van der Waals surface area contributed by atoms with Crippen LogP contribution in [0.15, 0.2) is 36.1 Å². The van der Waals surface area contributed by atoms with E-state index in [1.165, 1.54) is 0 Å². The van der Waals surface area contributed by atoms with Crippen molar-refractivity contribution in [2.45, 2.75) is 31.1 Å². The maximum atomic E-state index is 10.9. The highest BCUT2D eigenvalue weighted by atomic mass is 16.5. The van der Waals surface area contributed by atoms with Crippen LogP contribution in [-0.4, -0.2) is 24.0 Å². The zero-order valence-corrected chi connectivity index (χ0v) is 12.1. The number of hydrogen-bond acceptors (Lipinski definition) is 4. The molecule has 1 fully saturated rings. The van der Waals surface area contributed by atoms with E-state index in [2.05, 4.69) is 28.1 Å². The van der Waals surface area contributed by atoms with Crippen molar-refractivity contribution in [2.24, 2.45) is 5.92 Å². The van der Waals surface area contributed by atoms with Crippen molar-refractivity contribution in [3.8, 4) is 5.75 Å². The van der Waals surface area contributed by atoms with Crippen molar-refractivity contribution in [3.63, 3.8) is 0 Å². The molecule has 0 aromatic heterocycles. The summed E-state index contributed by atoms with van der Waals surface area (Å²) in [6, 6.07) is 8.01. The number of rotatable bonds is 1. The van der Waals surface area contributed by atoms with E-state index in [4.69, 9.17) is 9.84 Å². The topological polar surface area (TPSA) is 82.6 Å². The smallest absolute Gasteiger partial charge is 0.406 e. The fourth-order valence-electron chi connectivity index (χ4n) is 3.92. The second-order valence-corrected chi connectivity index (χ2v) is 6.07. The summed E-state index contributed by atoms with van der Waals surface area (Å²) in [5, 5.41) is 18.1. The zero-order valence-electron chi connectivity index (χ0n) is 12.1. The molecule has 22 heavy (non-hydrogen) atoms. The zero-order chi connectivity index (χ0) is 15.2. The Morgan fingerprint density at radius 2 is 2.27 bits per heavy atom. The summed E-state index contributed by atoms with van der Waals surface area (Å²) in [6.45, 7) is 0.667. The summed E-state index contributed by atoms with van der Waals surface area (Å²) in [7, 11) is 0. The summed E-state index contributed by atoms with van der Waals surface area (Å²) in [5.74, 6) is 2.09. The molecule has 0 bridgehead atoms. The number of nitrogens with one attached hydrogen (secondary N) is 3. The number of para-hydroxylation sites is 1. The monoisotopic (exact) mass is 301 g/mol. The average Bonchev–Trinajstić information content (AvgIpc) is 2.92. The summed E-state index contributed by atoms with van der Waals surface area (Å²) in [4.78, 5) is 10.9. The van der Waals surface area contributed by atoms with Crippen LogP contribution in [0.2, 0.25) is 0 Å². The van der Waals surface area contributed by atoms with Gasteiger partial charge in [-0.2, -0.15) is 0 Å². The number of fused-ring (bicyclic) bond motifs is 4. The average molecular weight is 301 g/mol. The van der Waals surface area contributed by atoms with E-state index in [-0.39, 0.29) is 11.5 Å². The minimum absolute atomic E-state index is 0.226. The van der Waals surface area contributed by atoms with E-state index >= 15 is 0 Å². The number of allylic oxidation sites excluding steroid dienone is 1. The van der Waals surface area contributed by atoms with Crippen LogP contribution < -0.4 is 20.7 Å². The van der Waals surface area contributed by atoms with Gasteiger partial charge in [0.2, 0.25) is 0 Å². The summed E-state index contributed by atoms with van der Waals surface area (Å²) < 4.78 is 6.10. The van der Waals surface area contributed by atoms with Crippen LogP contribution in [0.5, 0.6) is 5.75 Å². The van der Waals surface area contributed by atoms with Crippen LogP contribution in [0.25, 0.3) is 0 Å². The van der Waals surface area contributed by atoms with Gasteiger partial charge in [0.25, 0.3) is 0 Å². The molecule has 2 aliphatic heterocycles. The van der Waals surface area contributed by atoms with Gasteiger partial charge in [-0.05, 0) is 31.4 Å². The van der Waals surface area contributed by atoms with Crippen molar-refractivity contribution in [2.75, 3.05) is 6.54 Å². The molecule has 1 aromatic carbocycles. The van der Waals surface area contributed by atoms with Crippen molar-refractivity contribution in [3.05, 3.63) is 41.7 Å². The van der Waals surface area contributed by atoms with Gasteiger partial charge >= 0.3 is 6.09 Å². The molecular formula is C16H19N3O3. The Morgan fingerprint density at radius 1 is 1.41 bits per heavy atom. The second kappa shape index (κ2) is 5.00. The molecule has 4 N–H and O–H groups in total. The third-order valence-electron chi connectivity index (χ3n) is 4.83. The van der Waals surface area contributed by atoms with E-state index in [0.29, 0.717) is 6.54 Å². The van der Waals surface area contributed by atoms with Crippen LogP contribution in [0.4, 0.5) is 4.79 Å². The quantitative estimate of drug-likeness (QED) is 0.635. The lowest BCUT2D eigenvalue weighted by Gasteiger charge is -2.45. The lowest BCUT2D eigenvalue weighted by Crippen LogP contribution is -2.55. The second-order valence-electron chi connectivity index (χ2n) is 6.07. The molecule has 3 unspecified atom stereocenters. The van der Waals surface area contributed by atoms with E-state index in [1.807, 2.05) is 18.2 Å². The Balaban J connectivity index is 1.77. The van der Waals surface area contributed by atoms with Gasteiger partial charge < -0.3 is 9.84 Å². The largest absolute Gasteiger partial charge is 0.465 e. The number of benzene rings is 1. The highest BCUT2D eigenvalue weighted by Gasteiger charge is 2.52. The molecule has 116 valence electrons. The molecule has 3 aliphatic rings. The Labute approximate surface area is 128 Å². The van der Waals surface area contributed by atoms with Crippen LogP contribution in [0, 0.1) is 5.92 Å². The van der Waals surface area contributed by atoms with Crippen molar-refractivity contribution in [1.29, 1.82) is 0 Å². The Hall–Kier alpha value is -2.05. The molecule has 1 amide bonds. The third kappa shape index (κ3) is 1.99. The first-order valence-corrected chi connectivity index (χ1v) is 7.67. The first-order chi connectivity index (χ1) is 10.7. The Morgan fingerprint density at radius 3 is 3.14 bits per heavy atom. The van der Waals surface area contributed by atoms with Gasteiger partial charge in [0.1, 0.15) is 17.8 Å². The lowest BCUT2D eigenvalue weighted by molar-refractivity contribution is 0.154. The fourth-order valence-corrected chi connectivity index (χ4v) is 3.92. The minimum atomic E-state index is -1.04. The lowest BCUT2D eigenvalue weighted by atomic mass is 9.71. The first kappa shape index (κ1) is 13.6. The summed E-state index contributed by atoms with van der Waals surface area (Å²) in [6.07, 6.45) is 3.88. The molecule has 4 rings (SSSR count). The maximum absolute atomic E-state index is 10.9. The molecule has 2 heterocycles. The van der Waals surface area contributed by atoms with Gasteiger partial charge in [0.05, 0.1) is 5.54 Å². The van der Waals surface area contributed by atoms with Gasteiger partial charge in [0, 0.05) is 18.0 Å². The molecule has 6 nitrogen and oxygen atoms in total. The predicted molar refractivity (Wildman–Crippen MR) is 80.3 cm³/mol. The Bertz CT molecular complexity index is 645. The fraction of sp³-hybridized carbons (Fsp3) is 0.438. The molecule has 6 heteroatoms. The molecule has 3 atom stereocenters. The number of ether oxygens (including phenoxy) is 1. The van der Waals surface area contributed by atoms with Crippen LogP contribution in [-0.2, 0) is 5.54 Å². The molecule has 0 radical (unpaired) electrons. The standard InChI is InChI=1S/C16H19N3O3/c20-15(21)18-14-17-9-16(19-14)10-5-1-3-7-12(10)22-13-8-4-2-6-11(13)16/h1,3,5,7-8,11,14,17-19H,2,4,6,9H2,(H,20,21). The molecule has 1 spiro atoms. The van der Waals surface area contributed by atoms with E-state index < -0.39 is 12.4 Å². The number of carbonyl (C=O) groups is 1. The van der Waals surface area contributed by atoms with E-state index in [9.17, 15) is 4.79 Å².